The van der Waals surface area contributed by atoms with Crippen molar-refractivity contribution in [3.8, 4) is 0 Å². The molecule has 3 nitrogen and oxygen atoms in total. The van der Waals surface area contributed by atoms with Crippen LogP contribution in [-0.4, -0.2) is 23.8 Å². The van der Waals surface area contributed by atoms with E-state index in [2.05, 4.69) is 48.1 Å². The fourth-order valence-electron chi connectivity index (χ4n) is 12.1. The van der Waals surface area contributed by atoms with Gasteiger partial charge in [-0.15, -0.1) is 0 Å². The first-order chi connectivity index (χ1) is 16.2. The first-order valence-corrected chi connectivity index (χ1v) is 14.7. The highest BCUT2D eigenvalue weighted by Crippen LogP contribution is 2.77. The molecule has 5 aliphatic carbocycles. The Kier molecular flexibility index (Phi) is 5.96. The van der Waals surface area contributed by atoms with E-state index in [0.717, 1.165) is 12.8 Å². The number of ether oxygens (including phenoxy) is 1. The summed E-state index contributed by atoms with van der Waals surface area (Å²) in [6, 6.07) is 0. The largest absolute Gasteiger partial charge is 0.463 e. The summed E-state index contributed by atoms with van der Waals surface area (Å²) < 4.78 is 5.93. The van der Waals surface area contributed by atoms with Crippen LogP contribution in [0.3, 0.4) is 0 Å². The van der Waals surface area contributed by atoms with E-state index in [-0.39, 0.29) is 28.3 Å². The lowest BCUT2D eigenvalue weighted by atomic mass is 9.32. The fourth-order valence-corrected chi connectivity index (χ4v) is 12.1. The lowest BCUT2D eigenvalue weighted by Crippen LogP contribution is -2.66. The van der Waals surface area contributed by atoms with Crippen LogP contribution in [-0.2, 0) is 9.53 Å². The van der Waals surface area contributed by atoms with Gasteiger partial charge in [0, 0.05) is 13.5 Å². The number of esters is 1. The van der Waals surface area contributed by atoms with Crippen molar-refractivity contribution < 1.29 is 14.6 Å². The molecular formula is C32H52O3. The summed E-state index contributed by atoms with van der Waals surface area (Å²) in [6.45, 7) is 21.4. The van der Waals surface area contributed by atoms with E-state index < -0.39 is 0 Å². The standard InChI is InChI=1S/C32H52O3/c1-20(2)23-11-14-32(19-33)16-15-30(7)24(27(23)32)9-10-26-29(6)18-22(35-21(3)34)17-28(4,5)25(29)12-13-31(26,30)8/h22-27,33H,1,9-19H2,2-8H3/t22-,23+,24?,25?,26?,27?,29+,30-,31-,32-/m1/s1. The molecule has 0 aromatic carbocycles. The maximum atomic E-state index is 12.0. The van der Waals surface area contributed by atoms with Crippen molar-refractivity contribution in [3.05, 3.63) is 12.2 Å². The highest BCUT2D eigenvalue weighted by molar-refractivity contribution is 5.66. The summed E-state index contributed by atoms with van der Waals surface area (Å²) in [5.74, 6) is 3.06. The average Bonchev–Trinajstić information content (AvgIpc) is 3.13. The monoisotopic (exact) mass is 484 g/mol. The number of rotatable bonds is 3. The summed E-state index contributed by atoms with van der Waals surface area (Å²) >= 11 is 0. The Morgan fingerprint density at radius 3 is 2.23 bits per heavy atom. The third kappa shape index (κ3) is 3.41. The van der Waals surface area contributed by atoms with Gasteiger partial charge in [0.05, 0.1) is 0 Å². The van der Waals surface area contributed by atoms with Crippen LogP contribution in [0.4, 0.5) is 0 Å². The van der Waals surface area contributed by atoms with E-state index in [1.165, 1.54) is 56.9 Å². The van der Waals surface area contributed by atoms with Crippen LogP contribution in [0.5, 0.6) is 0 Å². The number of allylic oxidation sites excluding steroid dienone is 1. The van der Waals surface area contributed by atoms with Gasteiger partial charge in [0.2, 0.25) is 0 Å². The molecule has 1 N–H and O–H groups in total. The van der Waals surface area contributed by atoms with Gasteiger partial charge in [-0.2, -0.15) is 0 Å². The summed E-state index contributed by atoms with van der Waals surface area (Å²) in [6.07, 6.45) is 12.1. The zero-order chi connectivity index (χ0) is 25.6. The SMILES string of the molecule is C=C(C)[C@@H]1CC[C@]2(CO)CC[C@]3(C)C(CCC4[C@@]5(C)C[C@H](OC(C)=O)CC(C)(C)C5CC[C@]43C)C12. The molecule has 0 aromatic rings. The normalized spacial score (nSPS) is 52.5. The van der Waals surface area contributed by atoms with Gasteiger partial charge >= 0.3 is 5.97 Å². The van der Waals surface area contributed by atoms with Crippen LogP contribution in [0.1, 0.15) is 113 Å². The third-order valence-electron chi connectivity index (χ3n) is 13.5. The lowest BCUT2D eigenvalue weighted by molar-refractivity contribution is -0.248. The van der Waals surface area contributed by atoms with E-state index in [0.29, 0.717) is 47.0 Å². The van der Waals surface area contributed by atoms with Crippen molar-refractivity contribution in [1.29, 1.82) is 0 Å². The van der Waals surface area contributed by atoms with Gasteiger partial charge in [-0.05, 0) is 128 Å². The molecule has 4 unspecified atom stereocenters. The highest BCUT2D eigenvalue weighted by Gasteiger charge is 2.70. The highest BCUT2D eigenvalue weighted by atomic mass is 16.5. The van der Waals surface area contributed by atoms with Crippen LogP contribution in [0.2, 0.25) is 0 Å². The Morgan fingerprint density at radius 2 is 1.60 bits per heavy atom. The van der Waals surface area contributed by atoms with E-state index >= 15 is 0 Å². The molecule has 0 saturated heterocycles. The van der Waals surface area contributed by atoms with Crippen molar-refractivity contribution in [2.75, 3.05) is 6.61 Å². The maximum Gasteiger partial charge on any atom is 0.302 e. The summed E-state index contributed by atoms with van der Waals surface area (Å²) in [4.78, 5) is 12.0. The Morgan fingerprint density at radius 1 is 0.886 bits per heavy atom. The topological polar surface area (TPSA) is 46.5 Å². The zero-order valence-electron chi connectivity index (χ0n) is 23.7. The number of fused-ring (bicyclic) bond motifs is 7. The molecule has 3 heteroatoms. The van der Waals surface area contributed by atoms with Gasteiger partial charge in [0.25, 0.3) is 0 Å². The van der Waals surface area contributed by atoms with E-state index in [4.69, 9.17) is 4.74 Å². The fraction of sp³-hybridized carbons (Fsp3) is 0.906. The van der Waals surface area contributed by atoms with Gasteiger partial charge < -0.3 is 9.84 Å². The molecule has 5 rings (SSSR count). The first-order valence-electron chi connectivity index (χ1n) is 14.7. The second-order valence-corrected chi connectivity index (χ2v) is 15.3. The number of aliphatic hydroxyl groups is 1. The number of carbonyl (C=O) groups excluding carboxylic acids is 1. The Hall–Kier alpha value is -0.830. The predicted octanol–water partition coefficient (Wildman–Crippen LogP) is 7.57. The van der Waals surface area contributed by atoms with Crippen LogP contribution >= 0.6 is 0 Å². The number of hydrogen-bond acceptors (Lipinski definition) is 3. The molecule has 198 valence electrons. The number of carbonyl (C=O) groups is 1. The predicted molar refractivity (Wildman–Crippen MR) is 142 cm³/mol. The van der Waals surface area contributed by atoms with Crippen molar-refractivity contribution in [2.24, 2.45) is 56.7 Å². The van der Waals surface area contributed by atoms with Crippen LogP contribution in [0.15, 0.2) is 12.2 Å². The Labute approximate surface area is 214 Å². The first kappa shape index (κ1) is 25.8. The molecule has 5 aliphatic rings. The molecule has 0 bridgehead atoms. The molecular weight excluding hydrogens is 432 g/mol. The smallest absolute Gasteiger partial charge is 0.302 e. The minimum absolute atomic E-state index is 0.0488. The minimum atomic E-state index is -0.123. The number of hydrogen-bond donors (Lipinski definition) is 1. The van der Waals surface area contributed by atoms with E-state index in [9.17, 15) is 9.90 Å². The Bertz CT molecular complexity index is 891. The second-order valence-electron chi connectivity index (χ2n) is 15.3. The summed E-state index contributed by atoms with van der Waals surface area (Å²) in [5, 5.41) is 10.7. The van der Waals surface area contributed by atoms with Crippen LogP contribution < -0.4 is 0 Å². The van der Waals surface area contributed by atoms with Crippen molar-refractivity contribution in [2.45, 2.75) is 119 Å². The lowest BCUT2D eigenvalue weighted by Gasteiger charge is -2.73. The summed E-state index contributed by atoms with van der Waals surface area (Å²) in [5.41, 5.74) is 2.45. The van der Waals surface area contributed by atoms with E-state index in [1.54, 1.807) is 6.92 Å². The van der Waals surface area contributed by atoms with Crippen molar-refractivity contribution in [1.82, 2.24) is 0 Å². The molecule has 5 saturated carbocycles. The zero-order valence-corrected chi connectivity index (χ0v) is 23.7. The quantitative estimate of drug-likeness (QED) is 0.332. The average molecular weight is 485 g/mol. The van der Waals surface area contributed by atoms with Crippen LogP contribution in [0, 0.1) is 56.7 Å². The molecule has 0 heterocycles. The summed E-state index contributed by atoms with van der Waals surface area (Å²) in [7, 11) is 0. The van der Waals surface area contributed by atoms with Gasteiger partial charge in [-0.1, -0.05) is 46.8 Å². The van der Waals surface area contributed by atoms with Gasteiger partial charge in [-0.3, -0.25) is 4.79 Å². The molecule has 0 spiro atoms. The molecule has 10 atom stereocenters. The van der Waals surface area contributed by atoms with Gasteiger partial charge in [0.1, 0.15) is 6.10 Å². The molecule has 0 amide bonds. The second kappa shape index (κ2) is 8.08. The Balaban J connectivity index is 1.54. The maximum absolute atomic E-state index is 12.0. The van der Waals surface area contributed by atoms with Gasteiger partial charge in [-0.25, -0.2) is 0 Å². The van der Waals surface area contributed by atoms with Gasteiger partial charge in [0.15, 0.2) is 0 Å². The molecule has 0 radical (unpaired) electrons. The minimum Gasteiger partial charge on any atom is -0.463 e. The van der Waals surface area contributed by atoms with E-state index in [1.807, 2.05) is 0 Å². The molecule has 0 aliphatic heterocycles. The molecule has 5 fully saturated rings. The van der Waals surface area contributed by atoms with Crippen molar-refractivity contribution in [3.63, 3.8) is 0 Å². The molecule has 35 heavy (non-hydrogen) atoms. The number of aliphatic hydroxyl groups excluding tert-OH is 1. The molecule has 0 aromatic heterocycles. The third-order valence-corrected chi connectivity index (χ3v) is 13.5. The van der Waals surface area contributed by atoms with Crippen molar-refractivity contribution >= 4 is 5.97 Å². The van der Waals surface area contributed by atoms with Crippen LogP contribution in [0.25, 0.3) is 0 Å².